The van der Waals surface area contributed by atoms with Gasteiger partial charge in [0.25, 0.3) is 5.91 Å². The number of carbonyl (C=O) groups excluding carboxylic acids is 2. The third-order valence-corrected chi connectivity index (χ3v) is 5.62. The number of fused-ring (bicyclic) bond motifs is 1. The summed E-state index contributed by atoms with van der Waals surface area (Å²) in [7, 11) is 0. The van der Waals surface area contributed by atoms with Gasteiger partial charge < -0.3 is 14.8 Å². The predicted molar refractivity (Wildman–Crippen MR) is 129 cm³/mol. The summed E-state index contributed by atoms with van der Waals surface area (Å²) in [6.07, 6.45) is 3.34. The van der Waals surface area contributed by atoms with Gasteiger partial charge in [-0.25, -0.2) is 4.98 Å². The van der Waals surface area contributed by atoms with Crippen molar-refractivity contribution in [3.8, 4) is 0 Å². The summed E-state index contributed by atoms with van der Waals surface area (Å²) < 4.78 is 2.04. The van der Waals surface area contributed by atoms with E-state index in [2.05, 4.69) is 19.2 Å². The van der Waals surface area contributed by atoms with E-state index in [4.69, 9.17) is 4.98 Å². The predicted octanol–water partition coefficient (Wildman–Crippen LogP) is 4.36. The largest absolute Gasteiger partial charge is 0.352 e. The minimum Gasteiger partial charge on any atom is -0.352 e. The maximum atomic E-state index is 13.0. The van der Waals surface area contributed by atoms with Crippen LogP contribution in [0.4, 0.5) is 0 Å². The van der Waals surface area contributed by atoms with Gasteiger partial charge in [-0.05, 0) is 49.9 Å². The van der Waals surface area contributed by atoms with Gasteiger partial charge in [0.1, 0.15) is 12.4 Å². The monoisotopic (exact) mass is 434 g/mol. The van der Waals surface area contributed by atoms with Crippen LogP contribution in [0.25, 0.3) is 11.0 Å². The molecule has 0 atom stereocenters. The van der Waals surface area contributed by atoms with Gasteiger partial charge in [-0.2, -0.15) is 0 Å². The summed E-state index contributed by atoms with van der Waals surface area (Å²) in [5.74, 6) is 0.963. The van der Waals surface area contributed by atoms with Crippen molar-refractivity contribution in [2.24, 2.45) is 0 Å². The fourth-order valence-electron chi connectivity index (χ4n) is 4.00. The highest BCUT2D eigenvalue weighted by Gasteiger charge is 2.17. The van der Waals surface area contributed by atoms with Gasteiger partial charge in [0.05, 0.1) is 11.0 Å². The molecule has 2 amide bonds. The van der Waals surface area contributed by atoms with E-state index in [1.165, 1.54) is 0 Å². The summed E-state index contributed by atoms with van der Waals surface area (Å²) in [4.78, 5) is 32.2. The molecule has 0 saturated carbocycles. The molecule has 3 aromatic rings. The number of amides is 2. The first-order valence-corrected chi connectivity index (χ1v) is 11.6. The van der Waals surface area contributed by atoms with Crippen LogP contribution in [0.1, 0.15) is 54.9 Å². The average molecular weight is 435 g/mol. The highest BCUT2D eigenvalue weighted by Crippen LogP contribution is 2.18. The van der Waals surface area contributed by atoms with Crippen molar-refractivity contribution in [3.05, 3.63) is 65.5 Å². The maximum Gasteiger partial charge on any atom is 0.251 e. The van der Waals surface area contributed by atoms with Crippen LogP contribution in [0.15, 0.2) is 48.5 Å². The van der Waals surface area contributed by atoms with Crippen molar-refractivity contribution in [2.75, 3.05) is 19.6 Å². The number of carbonyl (C=O) groups is 2. The maximum absolute atomic E-state index is 13.0. The fourth-order valence-corrected chi connectivity index (χ4v) is 4.00. The third kappa shape index (κ3) is 5.75. The van der Waals surface area contributed by atoms with Crippen molar-refractivity contribution in [3.63, 3.8) is 0 Å². The minimum atomic E-state index is -0.0541. The van der Waals surface area contributed by atoms with E-state index in [-0.39, 0.29) is 11.8 Å². The molecule has 0 fully saturated rings. The fraction of sp³-hybridized carbons (Fsp3) is 0.423. The van der Waals surface area contributed by atoms with Crippen LogP contribution in [-0.2, 0) is 17.8 Å². The van der Waals surface area contributed by atoms with Crippen LogP contribution in [-0.4, -0.2) is 45.9 Å². The van der Waals surface area contributed by atoms with Crippen LogP contribution >= 0.6 is 0 Å². The Balaban J connectivity index is 1.68. The second-order valence-electron chi connectivity index (χ2n) is 8.16. The zero-order valence-electron chi connectivity index (χ0n) is 19.4. The second-order valence-corrected chi connectivity index (χ2v) is 8.16. The van der Waals surface area contributed by atoms with Gasteiger partial charge in [-0.15, -0.1) is 0 Å². The number of benzene rings is 2. The van der Waals surface area contributed by atoms with Gasteiger partial charge >= 0.3 is 0 Å². The zero-order valence-corrected chi connectivity index (χ0v) is 19.4. The van der Waals surface area contributed by atoms with Crippen molar-refractivity contribution in [2.45, 2.75) is 53.0 Å². The number of rotatable bonds is 11. The highest BCUT2D eigenvalue weighted by atomic mass is 16.2. The number of imidazole rings is 1. The summed E-state index contributed by atoms with van der Waals surface area (Å²) in [6, 6.07) is 15.5. The topological polar surface area (TPSA) is 67.2 Å². The van der Waals surface area contributed by atoms with Crippen molar-refractivity contribution >= 4 is 22.8 Å². The van der Waals surface area contributed by atoms with Crippen molar-refractivity contribution in [1.82, 2.24) is 19.8 Å². The van der Waals surface area contributed by atoms with E-state index in [1.54, 1.807) is 0 Å². The molecule has 1 heterocycles. The number of aromatic nitrogens is 2. The third-order valence-electron chi connectivity index (χ3n) is 5.62. The summed E-state index contributed by atoms with van der Waals surface area (Å²) in [5.41, 5.74) is 3.55. The first-order valence-electron chi connectivity index (χ1n) is 11.6. The first kappa shape index (κ1) is 23.5. The number of hydrogen-bond acceptors (Lipinski definition) is 3. The van der Waals surface area contributed by atoms with E-state index in [1.807, 2.05) is 64.9 Å². The molecule has 0 aliphatic carbocycles. The van der Waals surface area contributed by atoms with E-state index >= 15 is 0 Å². The standard InChI is InChI=1S/C26H34N4O2/c1-4-17-29(18-5-2)25(31)19-30-23-14-9-8-13-22(23)28-24(30)15-10-16-27-26(32)21-12-7-6-11-20(21)3/h6-9,11-14H,4-5,10,15-19H2,1-3H3,(H,27,32). The van der Waals surface area contributed by atoms with Crippen LogP contribution in [0.3, 0.4) is 0 Å². The Morgan fingerprint density at radius 3 is 2.41 bits per heavy atom. The molecule has 1 N–H and O–H groups in total. The summed E-state index contributed by atoms with van der Waals surface area (Å²) in [6.45, 7) is 8.54. The van der Waals surface area contributed by atoms with Crippen LogP contribution in [0.2, 0.25) is 0 Å². The zero-order chi connectivity index (χ0) is 22.9. The first-order chi connectivity index (χ1) is 15.5. The van der Waals surface area contributed by atoms with Crippen molar-refractivity contribution in [1.29, 1.82) is 0 Å². The number of hydrogen-bond donors (Lipinski definition) is 1. The molecule has 0 aliphatic rings. The van der Waals surface area contributed by atoms with Gasteiger partial charge in [-0.3, -0.25) is 9.59 Å². The molecular formula is C26H34N4O2. The molecule has 3 rings (SSSR count). The molecule has 170 valence electrons. The smallest absolute Gasteiger partial charge is 0.251 e. The molecule has 6 nitrogen and oxygen atoms in total. The average Bonchev–Trinajstić information content (AvgIpc) is 3.14. The Bertz CT molecular complexity index is 1050. The quantitative estimate of drug-likeness (QED) is 0.456. The lowest BCUT2D eigenvalue weighted by molar-refractivity contribution is -0.131. The number of para-hydroxylation sites is 2. The molecule has 6 heteroatoms. The number of aryl methyl sites for hydroxylation is 2. The van der Waals surface area contributed by atoms with Crippen LogP contribution < -0.4 is 5.32 Å². The second kappa shape index (κ2) is 11.5. The molecule has 32 heavy (non-hydrogen) atoms. The Labute approximate surface area is 190 Å². The van der Waals surface area contributed by atoms with Crippen LogP contribution in [0, 0.1) is 6.92 Å². The molecule has 0 radical (unpaired) electrons. The van der Waals surface area contributed by atoms with Crippen molar-refractivity contribution < 1.29 is 9.59 Å². The Morgan fingerprint density at radius 1 is 1.00 bits per heavy atom. The Hall–Kier alpha value is -3.15. The molecule has 2 aromatic carbocycles. The van der Waals surface area contributed by atoms with E-state index < -0.39 is 0 Å². The molecule has 0 saturated heterocycles. The van der Waals surface area contributed by atoms with Gasteiger partial charge in [0.15, 0.2) is 0 Å². The Morgan fingerprint density at radius 2 is 1.69 bits per heavy atom. The number of nitrogens with one attached hydrogen (secondary N) is 1. The van der Waals surface area contributed by atoms with E-state index in [0.29, 0.717) is 25.1 Å². The summed E-state index contributed by atoms with van der Waals surface area (Å²) in [5, 5.41) is 3.00. The normalized spacial score (nSPS) is 11.0. The van der Waals surface area contributed by atoms with E-state index in [0.717, 1.165) is 54.8 Å². The molecule has 0 bridgehead atoms. The van der Waals surface area contributed by atoms with Gasteiger partial charge in [-0.1, -0.05) is 44.2 Å². The Kier molecular flexibility index (Phi) is 8.42. The SMILES string of the molecule is CCCN(CCC)C(=O)Cn1c(CCCNC(=O)c2ccccc2C)nc2ccccc21. The van der Waals surface area contributed by atoms with Gasteiger partial charge in [0.2, 0.25) is 5.91 Å². The lowest BCUT2D eigenvalue weighted by Gasteiger charge is -2.22. The molecule has 0 aliphatic heterocycles. The number of nitrogens with zero attached hydrogens (tertiary/aromatic N) is 3. The molecule has 1 aromatic heterocycles. The van der Waals surface area contributed by atoms with Crippen LogP contribution in [0.5, 0.6) is 0 Å². The van der Waals surface area contributed by atoms with E-state index in [9.17, 15) is 9.59 Å². The summed E-state index contributed by atoms with van der Waals surface area (Å²) >= 11 is 0. The molecule has 0 spiro atoms. The molecular weight excluding hydrogens is 400 g/mol. The highest BCUT2D eigenvalue weighted by molar-refractivity contribution is 5.95. The lowest BCUT2D eigenvalue weighted by Crippen LogP contribution is -2.35. The molecule has 0 unspecified atom stereocenters. The minimum absolute atomic E-state index is 0.0541. The van der Waals surface area contributed by atoms with Gasteiger partial charge in [0, 0.05) is 31.6 Å². The lowest BCUT2D eigenvalue weighted by atomic mass is 10.1.